The number of aryl methyl sites for hydroxylation is 1. The highest BCUT2D eigenvalue weighted by molar-refractivity contribution is 5.90. The number of nitrogens with zero attached hydrogens (tertiary/aromatic N) is 2. The highest BCUT2D eigenvalue weighted by Crippen LogP contribution is 2.20. The molecule has 1 saturated heterocycles. The third kappa shape index (κ3) is 3.90. The Morgan fingerprint density at radius 3 is 2.88 bits per heavy atom. The van der Waals surface area contributed by atoms with Gasteiger partial charge in [0.15, 0.2) is 0 Å². The number of carbonyl (C=O) groups is 3. The number of amides is 2. The standard InChI is InChI=1S/C18H19N3O5/c1-11-15(18(24)25)7-14(26-11)8-20-17(23)12-6-16(22)21(9-12)10-13-4-2-3-5-19-13/h2-5,7,12H,6,8-10H2,1H3,(H,20,23)(H,24,25)/t12-/m1/s1. The third-order valence-corrected chi connectivity index (χ3v) is 4.30. The van der Waals surface area contributed by atoms with Crippen LogP contribution in [-0.2, 0) is 22.7 Å². The number of hydrogen-bond acceptors (Lipinski definition) is 5. The molecule has 1 atom stereocenters. The van der Waals surface area contributed by atoms with Gasteiger partial charge in [-0.15, -0.1) is 0 Å². The minimum Gasteiger partial charge on any atom is -0.478 e. The molecule has 0 aliphatic carbocycles. The summed E-state index contributed by atoms with van der Waals surface area (Å²) < 4.78 is 5.33. The van der Waals surface area contributed by atoms with Crippen LogP contribution in [0, 0.1) is 12.8 Å². The topological polar surface area (TPSA) is 113 Å². The van der Waals surface area contributed by atoms with Crippen LogP contribution in [0.3, 0.4) is 0 Å². The smallest absolute Gasteiger partial charge is 0.339 e. The highest BCUT2D eigenvalue weighted by atomic mass is 16.4. The monoisotopic (exact) mass is 357 g/mol. The fourth-order valence-corrected chi connectivity index (χ4v) is 2.95. The number of nitrogens with one attached hydrogen (secondary N) is 1. The Labute approximate surface area is 149 Å². The highest BCUT2D eigenvalue weighted by Gasteiger charge is 2.34. The van der Waals surface area contributed by atoms with Gasteiger partial charge in [-0.3, -0.25) is 14.6 Å². The lowest BCUT2D eigenvalue weighted by Gasteiger charge is -2.15. The minimum absolute atomic E-state index is 0.0758. The fourth-order valence-electron chi connectivity index (χ4n) is 2.95. The summed E-state index contributed by atoms with van der Waals surface area (Å²) in [5.74, 6) is -1.20. The Balaban J connectivity index is 1.55. The largest absolute Gasteiger partial charge is 0.478 e. The molecule has 3 heterocycles. The first kappa shape index (κ1) is 17.7. The van der Waals surface area contributed by atoms with Crippen LogP contribution in [0.5, 0.6) is 0 Å². The van der Waals surface area contributed by atoms with E-state index in [9.17, 15) is 14.4 Å². The second-order valence-electron chi connectivity index (χ2n) is 6.20. The lowest BCUT2D eigenvalue weighted by Crippen LogP contribution is -2.32. The molecule has 136 valence electrons. The van der Waals surface area contributed by atoms with E-state index in [0.29, 0.717) is 24.6 Å². The molecule has 2 aromatic rings. The second kappa shape index (κ2) is 7.38. The first-order valence-electron chi connectivity index (χ1n) is 8.22. The summed E-state index contributed by atoms with van der Waals surface area (Å²) in [6, 6.07) is 6.88. The summed E-state index contributed by atoms with van der Waals surface area (Å²) in [7, 11) is 0. The van der Waals surface area contributed by atoms with Crippen LogP contribution in [0.25, 0.3) is 0 Å². The van der Waals surface area contributed by atoms with Crippen LogP contribution in [0.15, 0.2) is 34.9 Å². The van der Waals surface area contributed by atoms with Crippen molar-refractivity contribution in [3.63, 3.8) is 0 Å². The van der Waals surface area contributed by atoms with Crippen molar-refractivity contribution in [2.45, 2.75) is 26.4 Å². The number of rotatable bonds is 6. The Morgan fingerprint density at radius 2 is 2.23 bits per heavy atom. The van der Waals surface area contributed by atoms with Crippen LogP contribution in [-0.4, -0.2) is 39.3 Å². The molecule has 0 saturated carbocycles. The van der Waals surface area contributed by atoms with E-state index in [1.54, 1.807) is 24.1 Å². The number of pyridine rings is 1. The van der Waals surface area contributed by atoms with E-state index in [-0.39, 0.29) is 30.3 Å². The predicted molar refractivity (Wildman–Crippen MR) is 90.0 cm³/mol. The zero-order valence-corrected chi connectivity index (χ0v) is 14.3. The van der Waals surface area contributed by atoms with Gasteiger partial charge in [0.2, 0.25) is 11.8 Å². The molecule has 2 amide bonds. The number of carboxylic acids is 1. The van der Waals surface area contributed by atoms with Crippen molar-refractivity contribution in [3.8, 4) is 0 Å². The van der Waals surface area contributed by atoms with Gasteiger partial charge in [-0.25, -0.2) is 4.79 Å². The van der Waals surface area contributed by atoms with Crippen LogP contribution in [0.2, 0.25) is 0 Å². The lowest BCUT2D eigenvalue weighted by atomic mass is 10.1. The van der Waals surface area contributed by atoms with Gasteiger partial charge in [-0.2, -0.15) is 0 Å². The van der Waals surface area contributed by atoms with Gasteiger partial charge >= 0.3 is 5.97 Å². The summed E-state index contributed by atoms with van der Waals surface area (Å²) in [5, 5.41) is 11.7. The molecule has 2 aromatic heterocycles. The van der Waals surface area contributed by atoms with E-state index in [2.05, 4.69) is 10.3 Å². The maximum Gasteiger partial charge on any atom is 0.339 e. The number of furan rings is 1. The number of hydrogen-bond donors (Lipinski definition) is 2. The Hall–Kier alpha value is -3.16. The van der Waals surface area contributed by atoms with Gasteiger partial charge in [0, 0.05) is 19.2 Å². The van der Waals surface area contributed by atoms with Crippen molar-refractivity contribution in [1.82, 2.24) is 15.2 Å². The molecule has 1 aliphatic rings. The van der Waals surface area contributed by atoms with Gasteiger partial charge in [0.25, 0.3) is 0 Å². The molecule has 0 bridgehead atoms. The quantitative estimate of drug-likeness (QED) is 0.807. The minimum atomic E-state index is -1.07. The van der Waals surface area contributed by atoms with Crippen LogP contribution in [0.4, 0.5) is 0 Å². The zero-order chi connectivity index (χ0) is 18.7. The Morgan fingerprint density at radius 1 is 1.42 bits per heavy atom. The number of carboxylic acid groups (broad SMARTS) is 1. The van der Waals surface area contributed by atoms with Crippen LogP contribution in [0.1, 0.15) is 34.0 Å². The third-order valence-electron chi connectivity index (χ3n) is 4.30. The molecule has 1 fully saturated rings. The Bertz CT molecular complexity index is 831. The molecule has 8 nitrogen and oxygen atoms in total. The fraction of sp³-hybridized carbons (Fsp3) is 0.333. The summed E-state index contributed by atoms with van der Waals surface area (Å²) >= 11 is 0. The van der Waals surface area contributed by atoms with Crippen molar-refractivity contribution >= 4 is 17.8 Å². The molecule has 2 N–H and O–H groups in total. The first-order chi connectivity index (χ1) is 12.4. The van der Waals surface area contributed by atoms with E-state index in [4.69, 9.17) is 9.52 Å². The zero-order valence-electron chi connectivity index (χ0n) is 14.3. The van der Waals surface area contributed by atoms with Crippen LogP contribution >= 0.6 is 0 Å². The van der Waals surface area contributed by atoms with Crippen molar-refractivity contribution < 1.29 is 23.9 Å². The van der Waals surface area contributed by atoms with Gasteiger partial charge < -0.3 is 19.7 Å². The molecule has 8 heteroatoms. The molecule has 3 rings (SSSR count). The van der Waals surface area contributed by atoms with Gasteiger partial charge in [0.05, 0.1) is 24.7 Å². The summed E-state index contributed by atoms with van der Waals surface area (Å²) in [4.78, 5) is 41.3. The SMILES string of the molecule is Cc1oc(CNC(=O)[C@@H]2CC(=O)N(Cc3ccccn3)C2)cc1C(=O)O. The predicted octanol–water partition coefficient (Wildman–Crippen LogP) is 1.35. The van der Waals surface area contributed by atoms with Crippen molar-refractivity contribution in [2.75, 3.05) is 6.54 Å². The first-order valence-corrected chi connectivity index (χ1v) is 8.22. The van der Waals surface area contributed by atoms with E-state index in [1.807, 2.05) is 12.1 Å². The van der Waals surface area contributed by atoms with Crippen molar-refractivity contribution in [1.29, 1.82) is 0 Å². The molecule has 0 spiro atoms. The maximum absolute atomic E-state index is 12.3. The summed E-state index contributed by atoms with van der Waals surface area (Å²) in [6.07, 6.45) is 1.81. The lowest BCUT2D eigenvalue weighted by molar-refractivity contribution is -0.129. The average Bonchev–Trinajstić information content (AvgIpc) is 3.17. The van der Waals surface area contributed by atoms with E-state index < -0.39 is 11.9 Å². The number of aromatic nitrogens is 1. The number of likely N-dealkylation sites (tertiary alicyclic amines) is 1. The summed E-state index contributed by atoms with van der Waals surface area (Å²) in [6.45, 7) is 2.35. The van der Waals surface area contributed by atoms with E-state index >= 15 is 0 Å². The van der Waals surface area contributed by atoms with Crippen molar-refractivity contribution in [2.24, 2.45) is 5.92 Å². The average molecular weight is 357 g/mol. The molecular formula is C18H19N3O5. The molecule has 0 aromatic carbocycles. The summed E-state index contributed by atoms with van der Waals surface area (Å²) in [5.41, 5.74) is 0.848. The van der Waals surface area contributed by atoms with E-state index in [1.165, 1.54) is 6.07 Å². The molecule has 0 unspecified atom stereocenters. The maximum atomic E-state index is 12.3. The number of carbonyl (C=O) groups excluding carboxylic acids is 2. The molecule has 0 radical (unpaired) electrons. The molecule has 26 heavy (non-hydrogen) atoms. The molecular weight excluding hydrogens is 338 g/mol. The number of aromatic carboxylic acids is 1. The van der Waals surface area contributed by atoms with Gasteiger partial charge in [0.1, 0.15) is 17.1 Å². The van der Waals surface area contributed by atoms with E-state index in [0.717, 1.165) is 5.69 Å². The second-order valence-corrected chi connectivity index (χ2v) is 6.20. The molecule has 1 aliphatic heterocycles. The normalized spacial score (nSPS) is 16.7. The van der Waals surface area contributed by atoms with Gasteiger partial charge in [-0.1, -0.05) is 6.07 Å². The van der Waals surface area contributed by atoms with Gasteiger partial charge in [-0.05, 0) is 25.1 Å². The van der Waals surface area contributed by atoms with Crippen molar-refractivity contribution in [3.05, 3.63) is 53.2 Å². The van der Waals surface area contributed by atoms with Crippen LogP contribution < -0.4 is 5.32 Å². The Kier molecular flexibility index (Phi) is 5.01.